The average molecular weight is 487 g/mol. The molecule has 0 spiro atoms. The van der Waals surface area contributed by atoms with Crippen molar-refractivity contribution in [3.8, 4) is 5.75 Å². The van der Waals surface area contributed by atoms with Crippen LogP contribution in [-0.4, -0.2) is 48.3 Å². The number of nitrogens with one attached hydrogen (secondary N) is 2. The minimum absolute atomic E-state index is 0.132. The number of hydrogen-bond acceptors (Lipinski definition) is 7. The van der Waals surface area contributed by atoms with E-state index in [2.05, 4.69) is 22.2 Å². The fraction of sp³-hybridized carbons (Fsp3) is 0.231. The molecule has 2 N–H and O–H groups in total. The number of aromatic nitrogens is 2. The molecule has 10 heteroatoms. The van der Waals surface area contributed by atoms with Crippen LogP contribution >= 0.6 is 0 Å². The lowest BCUT2D eigenvalue weighted by molar-refractivity contribution is -0.111. The number of hydrogen-bond donors (Lipinski definition) is 2. The zero-order chi connectivity index (χ0) is 25.2. The van der Waals surface area contributed by atoms with Crippen molar-refractivity contribution >= 4 is 40.8 Å². The van der Waals surface area contributed by atoms with E-state index in [0.29, 0.717) is 48.6 Å². The minimum Gasteiger partial charge on any atom is -0.497 e. The summed E-state index contributed by atoms with van der Waals surface area (Å²) < 4.78 is 10.8. The Morgan fingerprint density at radius 2 is 2.00 bits per heavy atom. The van der Waals surface area contributed by atoms with Crippen molar-refractivity contribution in [1.82, 2.24) is 9.97 Å². The summed E-state index contributed by atoms with van der Waals surface area (Å²) in [6, 6.07) is 12.6. The van der Waals surface area contributed by atoms with E-state index in [0.717, 1.165) is 16.8 Å². The number of rotatable bonds is 7. The van der Waals surface area contributed by atoms with Crippen LogP contribution in [0, 0.1) is 6.92 Å². The standard InChI is InChI=1S/C26H26N6O4/c1-4-23(33)28-21-7-5-6-8-22(21)29-25-27-12-17-13-31(18-9-16(2)10-20(11-18)35-3)26(34)32(24(17)30-25)19-14-36-15-19/h4-12,19H,1,13-15H2,2-3H3,(H,28,33)(H,27,29,30). The Labute approximate surface area is 208 Å². The number of methoxy groups -OCH3 is 1. The predicted octanol–water partition coefficient (Wildman–Crippen LogP) is 4.01. The molecule has 2 aliphatic rings. The average Bonchev–Trinajstić information content (AvgIpc) is 2.85. The van der Waals surface area contributed by atoms with Crippen LogP contribution in [0.5, 0.6) is 5.75 Å². The fourth-order valence-corrected chi connectivity index (χ4v) is 4.15. The molecule has 3 aromatic rings. The van der Waals surface area contributed by atoms with E-state index in [4.69, 9.17) is 14.5 Å². The largest absolute Gasteiger partial charge is 0.497 e. The summed E-state index contributed by atoms with van der Waals surface area (Å²) in [4.78, 5) is 38.1. The normalized spacial score (nSPS) is 15.1. The van der Waals surface area contributed by atoms with E-state index in [1.165, 1.54) is 6.08 Å². The number of urea groups is 1. The Balaban J connectivity index is 1.49. The molecule has 2 aromatic carbocycles. The van der Waals surface area contributed by atoms with Gasteiger partial charge in [0.25, 0.3) is 0 Å². The van der Waals surface area contributed by atoms with Crippen LogP contribution in [0.2, 0.25) is 0 Å². The van der Waals surface area contributed by atoms with Crippen molar-refractivity contribution in [2.24, 2.45) is 0 Å². The topological polar surface area (TPSA) is 109 Å². The zero-order valence-corrected chi connectivity index (χ0v) is 20.0. The van der Waals surface area contributed by atoms with Crippen LogP contribution in [0.25, 0.3) is 0 Å². The van der Waals surface area contributed by atoms with Gasteiger partial charge >= 0.3 is 6.03 Å². The second-order valence-electron chi connectivity index (χ2n) is 8.54. The third kappa shape index (κ3) is 4.46. The monoisotopic (exact) mass is 486 g/mol. The minimum atomic E-state index is -0.328. The lowest BCUT2D eigenvalue weighted by Gasteiger charge is -2.43. The summed E-state index contributed by atoms with van der Waals surface area (Å²) in [5.41, 5.74) is 3.70. The molecule has 0 unspecified atom stereocenters. The highest BCUT2D eigenvalue weighted by Gasteiger charge is 2.40. The number of fused-ring (bicyclic) bond motifs is 1. The number of ether oxygens (including phenoxy) is 2. The second kappa shape index (κ2) is 9.67. The maximum absolute atomic E-state index is 13.7. The third-order valence-corrected chi connectivity index (χ3v) is 6.02. The van der Waals surface area contributed by atoms with Gasteiger partial charge in [-0.2, -0.15) is 4.98 Å². The number of nitrogens with zero attached hydrogens (tertiary/aromatic N) is 4. The third-order valence-electron chi connectivity index (χ3n) is 6.02. The maximum Gasteiger partial charge on any atom is 0.330 e. The number of amides is 3. The van der Waals surface area contributed by atoms with Crippen molar-refractivity contribution < 1.29 is 19.1 Å². The van der Waals surface area contributed by atoms with Gasteiger partial charge in [-0.25, -0.2) is 9.78 Å². The molecule has 0 atom stereocenters. The highest BCUT2D eigenvalue weighted by molar-refractivity contribution is 6.06. The fourth-order valence-electron chi connectivity index (χ4n) is 4.15. The van der Waals surface area contributed by atoms with Crippen LogP contribution in [0.15, 0.2) is 61.3 Å². The van der Waals surface area contributed by atoms with Crippen molar-refractivity contribution in [2.45, 2.75) is 19.5 Å². The van der Waals surface area contributed by atoms with E-state index in [9.17, 15) is 9.59 Å². The summed E-state index contributed by atoms with van der Waals surface area (Å²) in [7, 11) is 1.60. The first-order valence-corrected chi connectivity index (χ1v) is 11.5. The molecule has 0 bridgehead atoms. The molecule has 0 saturated carbocycles. The van der Waals surface area contributed by atoms with Crippen LogP contribution in [0.3, 0.4) is 0 Å². The number of para-hydroxylation sites is 2. The number of anilines is 5. The molecule has 184 valence electrons. The molecule has 0 radical (unpaired) electrons. The molecule has 36 heavy (non-hydrogen) atoms. The number of carbonyl (C=O) groups is 2. The van der Waals surface area contributed by atoms with E-state index in [1.807, 2.05) is 37.3 Å². The Morgan fingerprint density at radius 3 is 2.69 bits per heavy atom. The summed E-state index contributed by atoms with van der Waals surface area (Å²) in [6.07, 6.45) is 2.92. The number of aryl methyl sites for hydroxylation is 1. The lowest BCUT2D eigenvalue weighted by Crippen LogP contribution is -2.58. The Kier molecular flexibility index (Phi) is 6.26. The SMILES string of the molecule is C=CC(=O)Nc1ccccc1Nc1ncc2c(n1)N(C1COC1)C(=O)N(c1cc(C)cc(OC)c1)C2. The quantitative estimate of drug-likeness (QED) is 0.486. The van der Waals surface area contributed by atoms with Gasteiger partial charge in [0.2, 0.25) is 11.9 Å². The molecule has 3 amide bonds. The molecule has 1 saturated heterocycles. The maximum atomic E-state index is 13.7. The van der Waals surface area contributed by atoms with E-state index in [-0.39, 0.29) is 18.0 Å². The summed E-state index contributed by atoms with van der Waals surface area (Å²) >= 11 is 0. The van der Waals surface area contributed by atoms with E-state index >= 15 is 0 Å². The molecule has 1 aromatic heterocycles. The molecule has 2 aliphatic heterocycles. The molecule has 3 heterocycles. The summed E-state index contributed by atoms with van der Waals surface area (Å²) in [5.74, 6) is 1.19. The van der Waals surface area contributed by atoms with Gasteiger partial charge in [0, 0.05) is 23.5 Å². The first-order valence-electron chi connectivity index (χ1n) is 11.5. The Hall–Kier alpha value is -4.44. The molecule has 10 nitrogen and oxygen atoms in total. The molecular formula is C26H26N6O4. The second-order valence-corrected chi connectivity index (χ2v) is 8.54. The van der Waals surface area contributed by atoms with Gasteiger partial charge < -0.3 is 20.1 Å². The molecule has 5 rings (SSSR count). The zero-order valence-electron chi connectivity index (χ0n) is 20.0. The molecule has 1 fully saturated rings. The van der Waals surface area contributed by atoms with Crippen LogP contribution in [0.4, 0.5) is 33.6 Å². The van der Waals surface area contributed by atoms with Crippen molar-refractivity contribution in [3.63, 3.8) is 0 Å². The highest BCUT2D eigenvalue weighted by atomic mass is 16.5. The van der Waals surface area contributed by atoms with Gasteiger partial charge in [0.05, 0.1) is 44.3 Å². The van der Waals surface area contributed by atoms with Gasteiger partial charge in [-0.3, -0.25) is 14.6 Å². The van der Waals surface area contributed by atoms with E-state index < -0.39 is 0 Å². The van der Waals surface area contributed by atoms with E-state index in [1.54, 1.807) is 35.2 Å². The molecule has 0 aliphatic carbocycles. The highest BCUT2D eigenvalue weighted by Crippen LogP contribution is 2.36. The number of benzene rings is 2. The smallest absolute Gasteiger partial charge is 0.330 e. The van der Waals surface area contributed by atoms with Crippen LogP contribution in [-0.2, 0) is 16.1 Å². The van der Waals surface area contributed by atoms with Crippen molar-refractivity contribution in [1.29, 1.82) is 0 Å². The Bertz CT molecular complexity index is 1340. The van der Waals surface area contributed by atoms with Gasteiger partial charge in [0.1, 0.15) is 11.6 Å². The Morgan fingerprint density at radius 1 is 1.22 bits per heavy atom. The summed E-state index contributed by atoms with van der Waals surface area (Å²) in [5, 5.41) is 5.92. The van der Waals surface area contributed by atoms with Gasteiger partial charge in [-0.1, -0.05) is 18.7 Å². The van der Waals surface area contributed by atoms with Gasteiger partial charge in [-0.15, -0.1) is 0 Å². The van der Waals surface area contributed by atoms with Crippen molar-refractivity contribution in [2.75, 3.05) is 40.8 Å². The first-order chi connectivity index (χ1) is 17.5. The van der Waals surface area contributed by atoms with Gasteiger partial charge in [0.15, 0.2) is 0 Å². The first kappa shape index (κ1) is 23.3. The predicted molar refractivity (Wildman–Crippen MR) is 137 cm³/mol. The van der Waals surface area contributed by atoms with Crippen LogP contribution < -0.4 is 25.2 Å². The molecular weight excluding hydrogens is 460 g/mol. The van der Waals surface area contributed by atoms with Crippen molar-refractivity contribution in [3.05, 3.63) is 72.4 Å². The number of carbonyl (C=O) groups excluding carboxylic acids is 2. The summed E-state index contributed by atoms with van der Waals surface area (Å²) in [6.45, 7) is 6.63. The lowest BCUT2D eigenvalue weighted by atomic mass is 10.1. The van der Waals surface area contributed by atoms with Crippen LogP contribution in [0.1, 0.15) is 11.1 Å². The van der Waals surface area contributed by atoms with Gasteiger partial charge in [-0.05, 0) is 42.8 Å².